The largest absolute Gasteiger partial charge is 0.357 e. The van der Waals surface area contributed by atoms with Crippen molar-refractivity contribution in [2.75, 3.05) is 18.7 Å². The molecule has 4 nitrogen and oxygen atoms in total. The molecule has 1 heterocycles. The molecular formula is C11H18N2O2S. The van der Waals surface area contributed by atoms with Crippen LogP contribution in [0.3, 0.4) is 0 Å². The highest BCUT2D eigenvalue weighted by Crippen LogP contribution is 2.22. The number of carbonyl (C=O) groups excluding carboxylic acids is 2. The van der Waals surface area contributed by atoms with E-state index in [2.05, 4.69) is 5.32 Å². The van der Waals surface area contributed by atoms with Crippen LogP contribution in [0.5, 0.6) is 0 Å². The molecule has 0 bridgehead atoms. The lowest BCUT2D eigenvalue weighted by Gasteiger charge is -2.22. The minimum absolute atomic E-state index is 0.0274. The van der Waals surface area contributed by atoms with Gasteiger partial charge in [-0.05, 0) is 13.3 Å². The molecular weight excluding hydrogens is 224 g/mol. The van der Waals surface area contributed by atoms with Crippen molar-refractivity contribution in [1.29, 1.82) is 0 Å². The Hall–Kier alpha value is -0.970. The Labute approximate surface area is 100 Å². The minimum atomic E-state index is -0.317. The van der Waals surface area contributed by atoms with Crippen LogP contribution in [0.15, 0.2) is 11.6 Å². The van der Waals surface area contributed by atoms with Crippen LogP contribution in [-0.2, 0) is 9.59 Å². The number of rotatable bonds is 3. The molecule has 90 valence electrons. The lowest BCUT2D eigenvalue weighted by molar-refractivity contribution is -0.135. The molecule has 5 heteroatoms. The molecule has 16 heavy (non-hydrogen) atoms. The summed E-state index contributed by atoms with van der Waals surface area (Å²) in [6, 6.07) is -0.317. The SMILES string of the molecule is CCC=C(C)C(=O)N1CSCC1C(=O)NC. The summed E-state index contributed by atoms with van der Waals surface area (Å²) in [7, 11) is 1.60. The van der Waals surface area contributed by atoms with Gasteiger partial charge in [-0.3, -0.25) is 9.59 Å². The van der Waals surface area contributed by atoms with Gasteiger partial charge >= 0.3 is 0 Å². The second-order valence-electron chi connectivity index (χ2n) is 3.70. The van der Waals surface area contributed by atoms with Gasteiger partial charge < -0.3 is 10.2 Å². The molecule has 2 amide bonds. The van der Waals surface area contributed by atoms with Crippen LogP contribution in [0, 0.1) is 0 Å². The molecule has 1 unspecified atom stereocenters. The fourth-order valence-electron chi connectivity index (χ4n) is 1.65. The molecule has 0 spiro atoms. The predicted molar refractivity (Wildman–Crippen MR) is 66.1 cm³/mol. The average Bonchev–Trinajstić information content (AvgIpc) is 2.76. The Morgan fingerprint density at radius 1 is 1.56 bits per heavy atom. The van der Waals surface area contributed by atoms with E-state index in [1.807, 2.05) is 13.0 Å². The van der Waals surface area contributed by atoms with E-state index >= 15 is 0 Å². The number of allylic oxidation sites excluding steroid dienone is 1. The maximum absolute atomic E-state index is 12.0. The molecule has 1 rings (SSSR count). The van der Waals surface area contributed by atoms with Crippen molar-refractivity contribution in [2.45, 2.75) is 26.3 Å². The topological polar surface area (TPSA) is 49.4 Å². The van der Waals surface area contributed by atoms with Gasteiger partial charge in [0.15, 0.2) is 0 Å². The second kappa shape index (κ2) is 5.94. The van der Waals surface area contributed by atoms with Gasteiger partial charge in [-0.15, -0.1) is 11.8 Å². The van der Waals surface area contributed by atoms with E-state index in [9.17, 15) is 9.59 Å². The van der Waals surface area contributed by atoms with E-state index in [1.54, 1.807) is 30.6 Å². The smallest absolute Gasteiger partial charge is 0.250 e. The summed E-state index contributed by atoms with van der Waals surface area (Å²) >= 11 is 1.61. The third kappa shape index (κ3) is 2.78. The highest BCUT2D eigenvalue weighted by molar-refractivity contribution is 7.99. The highest BCUT2D eigenvalue weighted by Gasteiger charge is 2.34. The van der Waals surface area contributed by atoms with Crippen LogP contribution in [0.1, 0.15) is 20.3 Å². The Morgan fingerprint density at radius 2 is 2.25 bits per heavy atom. The third-order valence-electron chi connectivity index (χ3n) is 2.54. The molecule has 1 saturated heterocycles. The molecule has 1 atom stereocenters. The van der Waals surface area contributed by atoms with Crippen LogP contribution >= 0.6 is 11.8 Å². The first-order chi connectivity index (χ1) is 7.61. The lowest BCUT2D eigenvalue weighted by atomic mass is 10.2. The molecule has 0 saturated carbocycles. The van der Waals surface area contributed by atoms with Crippen LogP contribution in [0.2, 0.25) is 0 Å². The van der Waals surface area contributed by atoms with Crippen molar-refractivity contribution < 1.29 is 9.59 Å². The first-order valence-corrected chi connectivity index (χ1v) is 6.54. The average molecular weight is 242 g/mol. The molecule has 1 aliphatic heterocycles. The standard InChI is InChI=1S/C11H18N2O2S/c1-4-5-8(2)11(15)13-7-16-6-9(13)10(14)12-3/h5,9H,4,6-7H2,1-3H3,(H,12,14). The molecule has 0 radical (unpaired) electrons. The summed E-state index contributed by atoms with van der Waals surface area (Å²) < 4.78 is 0. The Kier molecular flexibility index (Phi) is 4.86. The van der Waals surface area contributed by atoms with Gasteiger partial charge in [0, 0.05) is 18.4 Å². The van der Waals surface area contributed by atoms with Gasteiger partial charge in [0.05, 0.1) is 5.88 Å². The van der Waals surface area contributed by atoms with Crippen molar-refractivity contribution >= 4 is 23.6 Å². The number of thioether (sulfide) groups is 1. The first-order valence-electron chi connectivity index (χ1n) is 5.38. The van der Waals surface area contributed by atoms with Crippen molar-refractivity contribution in [1.82, 2.24) is 10.2 Å². The minimum Gasteiger partial charge on any atom is -0.357 e. The van der Waals surface area contributed by atoms with E-state index in [1.165, 1.54) is 0 Å². The number of likely N-dealkylation sites (N-methyl/N-ethyl adjacent to an activating group) is 1. The first kappa shape index (κ1) is 13.1. The Morgan fingerprint density at radius 3 is 2.81 bits per heavy atom. The number of nitrogens with one attached hydrogen (secondary N) is 1. The Bertz CT molecular complexity index is 315. The van der Waals surface area contributed by atoms with Crippen LogP contribution in [0.4, 0.5) is 0 Å². The third-order valence-corrected chi connectivity index (χ3v) is 3.55. The fraction of sp³-hybridized carbons (Fsp3) is 0.636. The van der Waals surface area contributed by atoms with Crippen molar-refractivity contribution in [3.8, 4) is 0 Å². The zero-order valence-electron chi connectivity index (χ0n) is 9.95. The van der Waals surface area contributed by atoms with Gasteiger partial charge in [0.1, 0.15) is 6.04 Å². The number of nitrogens with zero attached hydrogens (tertiary/aromatic N) is 1. The van der Waals surface area contributed by atoms with Crippen molar-refractivity contribution in [2.24, 2.45) is 0 Å². The number of hydrogen-bond acceptors (Lipinski definition) is 3. The zero-order chi connectivity index (χ0) is 12.1. The van der Waals surface area contributed by atoms with Crippen LogP contribution in [-0.4, -0.2) is 41.4 Å². The van der Waals surface area contributed by atoms with Gasteiger partial charge in [-0.25, -0.2) is 0 Å². The van der Waals surface area contributed by atoms with E-state index < -0.39 is 0 Å². The monoisotopic (exact) mass is 242 g/mol. The summed E-state index contributed by atoms with van der Waals surface area (Å²) in [5.41, 5.74) is 0.721. The van der Waals surface area contributed by atoms with E-state index in [0.29, 0.717) is 11.6 Å². The second-order valence-corrected chi connectivity index (χ2v) is 4.70. The lowest BCUT2D eigenvalue weighted by Crippen LogP contribution is -2.46. The molecule has 0 aromatic rings. The molecule has 1 fully saturated rings. The summed E-state index contributed by atoms with van der Waals surface area (Å²) in [5, 5.41) is 2.60. The zero-order valence-corrected chi connectivity index (χ0v) is 10.8. The Balaban J connectivity index is 2.75. The summed E-state index contributed by atoms with van der Waals surface area (Å²) in [6.45, 7) is 3.79. The van der Waals surface area contributed by atoms with Gasteiger partial charge in [0.2, 0.25) is 5.91 Å². The molecule has 0 aromatic carbocycles. The maximum atomic E-state index is 12.0. The molecule has 0 aromatic heterocycles. The predicted octanol–water partition coefficient (Wildman–Crippen LogP) is 0.990. The summed E-state index contributed by atoms with van der Waals surface area (Å²) in [5.74, 6) is 1.18. The van der Waals surface area contributed by atoms with Crippen LogP contribution in [0.25, 0.3) is 0 Å². The maximum Gasteiger partial charge on any atom is 0.250 e. The molecule has 1 aliphatic rings. The van der Waals surface area contributed by atoms with Gasteiger partial charge in [0.25, 0.3) is 5.91 Å². The fourth-order valence-corrected chi connectivity index (χ4v) is 2.80. The quantitative estimate of drug-likeness (QED) is 0.751. The molecule has 1 N–H and O–H groups in total. The van der Waals surface area contributed by atoms with E-state index in [0.717, 1.165) is 12.0 Å². The number of amides is 2. The summed E-state index contributed by atoms with van der Waals surface area (Å²) in [4.78, 5) is 25.2. The van der Waals surface area contributed by atoms with Crippen LogP contribution < -0.4 is 5.32 Å². The van der Waals surface area contributed by atoms with E-state index in [4.69, 9.17) is 0 Å². The molecule has 0 aliphatic carbocycles. The summed E-state index contributed by atoms with van der Waals surface area (Å²) in [6.07, 6.45) is 2.73. The normalized spacial score (nSPS) is 21.1. The van der Waals surface area contributed by atoms with Gasteiger partial charge in [-0.1, -0.05) is 13.0 Å². The van der Waals surface area contributed by atoms with E-state index in [-0.39, 0.29) is 17.9 Å². The van der Waals surface area contributed by atoms with Gasteiger partial charge in [-0.2, -0.15) is 0 Å². The van der Waals surface area contributed by atoms with Crippen molar-refractivity contribution in [3.63, 3.8) is 0 Å². The highest BCUT2D eigenvalue weighted by atomic mass is 32.2. The van der Waals surface area contributed by atoms with Crippen molar-refractivity contribution in [3.05, 3.63) is 11.6 Å². The number of carbonyl (C=O) groups is 2. The number of hydrogen-bond donors (Lipinski definition) is 1.